The number of rotatable bonds is 3. The number of nitrogens with one attached hydrogen (secondary N) is 1. The van der Waals surface area contributed by atoms with Crippen LogP contribution in [-0.2, 0) is 9.53 Å². The lowest BCUT2D eigenvalue weighted by Gasteiger charge is -2.42. The Balaban J connectivity index is 1.94. The highest BCUT2D eigenvalue weighted by Gasteiger charge is 2.37. The average Bonchev–Trinajstić information content (AvgIpc) is 2.26. The predicted octanol–water partition coefficient (Wildman–Crippen LogP) is 0.869. The molecule has 2 saturated heterocycles. The molecule has 4 nitrogen and oxygen atoms in total. The molecule has 98 valence electrons. The smallest absolute Gasteiger partial charge is 0.225 e. The molecule has 2 aliphatic rings. The minimum Gasteiger partial charge on any atom is -0.377 e. The van der Waals surface area contributed by atoms with Crippen LogP contribution in [0.15, 0.2) is 0 Å². The van der Waals surface area contributed by atoms with E-state index in [0.29, 0.717) is 11.8 Å². The van der Waals surface area contributed by atoms with Gasteiger partial charge in [0.15, 0.2) is 0 Å². The third-order valence-electron chi connectivity index (χ3n) is 4.37. The third kappa shape index (κ3) is 2.63. The maximum absolute atomic E-state index is 12.4. The quantitative estimate of drug-likeness (QED) is 0.796. The summed E-state index contributed by atoms with van der Waals surface area (Å²) < 4.78 is 5.53. The zero-order valence-corrected chi connectivity index (χ0v) is 11.2. The van der Waals surface area contributed by atoms with Gasteiger partial charge in [0.05, 0.1) is 5.60 Å². The molecule has 2 unspecified atom stereocenters. The SMILES string of the molecule is COC1(C)CCCN(C(=O)C(C)C2CNC2)C1. The molecule has 0 bridgehead atoms. The fraction of sp³-hybridized carbons (Fsp3) is 0.923. The van der Waals surface area contributed by atoms with Gasteiger partial charge in [-0.3, -0.25) is 4.79 Å². The van der Waals surface area contributed by atoms with E-state index in [1.54, 1.807) is 7.11 Å². The summed E-state index contributed by atoms with van der Waals surface area (Å²) in [5.74, 6) is 0.980. The second-order valence-electron chi connectivity index (χ2n) is 5.72. The summed E-state index contributed by atoms with van der Waals surface area (Å²) in [5.41, 5.74) is -0.147. The van der Waals surface area contributed by atoms with Crippen LogP contribution in [0.1, 0.15) is 26.7 Å². The van der Waals surface area contributed by atoms with E-state index in [2.05, 4.69) is 19.2 Å². The number of amides is 1. The zero-order chi connectivity index (χ0) is 12.5. The van der Waals surface area contributed by atoms with E-state index in [4.69, 9.17) is 4.74 Å². The maximum atomic E-state index is 12.4. The van der Waals surface area contributed by atoms with Crippen molar-refractivity contribution in [1.29, 1.82) is 0 Å². The standard InChI is InChI=1S/C13H24N2O2/c1-10(11-7-14-8-11)12(16)15-6-4-5-13(2,9-15)17-3/h10-11,14H,4-9H2,1-3H3. The molecule has 0 radical (unpaired) electrons. The lowest BCUT2D eigenvalue weighted by molar-refractivity contribution is -0.145. The Morgan fingerprint density at radius 2 is 2.24 bits per heavy atom. The molecule has 0 aromatic rings. The second-order valence-corrected chi connectivity index (χ2v) is 5.72. The van der Waals surface area contributed by atoms with Crippen LogP contribution in [-0.4, -0.2) is 49.7 Å². The molecule has 2 rings (SSSR count). The lowest BCUT2D eigenvalue weighted by atomic mass is 9.86. The van der Waals surface area contributed by atoms with Crippen molar-refractivity contribution in [3.63, 3.8) is 0 Å². The molecule has 4 heteroatoms. The summed E-state index contributed by atoms with van der Waals surface area (Å²) in [7, 11) is 1.74. The van der Waals surface area contributed by atoms with Crippen molar-refractivity contribution in [3.05, 3.63) is 0 Å². The number of likely N-dealkylation sites (tertiary alicyclic amines) is 1. The highest BCUT2D eigenvalue weighted by molar-refractivity contribution is 5.79. The summed E-state index contributed by atoms with van der Waals surface area (Å²) >= 11 is 0. The topological polar surface area (TPSA) is 41.6 Å². The number of piperidine rings is 1. The molecule has 17 heavy (non-hydrogen) atoms. The van der Waals surface area contributed by atoms with E-state index < -0.39 is 0 Å². The predicted molar refractivity (Wildman–Crippen MR) is 66.8 cm³/mol. The largest absolute Gasteiger partial charge is 0.377 e. The number of hydrogen-bond acceptors (Lipinski definition) is 3. The molecule has 1 amide bonds. The second kappa shape index (κ2) is 4.94. The summed E-state index contributed by atoms with van der Waals surface area (Å²) in [6, 6.07) is 0. The van der Waals surface area contributed by atoms with Crippen molar-refractivity contribution in [1.82, 2.24) is 10.2 Å². The molecule has 0 saturated carbocycles. The first kappa shape index (κ1) is 12.8. The van der Waals surface area contributed by atoms with Crippen LogP contribution < -0.4 is 5.32 Å². The summed E-state index contributed by atoms with van der Waals surface area (Å²) in [6.45, 7) is 7.77. The van der Waals surface area contributed by atoms with Gasteiger partial charge in [0.2, 0.25) is 5.91 Å². The van der Waals surface area contributed by atoms with Gasteiger partial charge < -0.3 is 15.0 Å². The Morgan fingerprint density at radius 1 is 1.53 bits per heavy atom. The Labute approximate surface area is 104 Å². The van der Waals surface area contributed by atoms with Crippen LogP contribution in [0.3, 0.4) is 0 Å². The average molecular weight is 240 g/mol. The molecular formula is C13H24N2O2. The van der Waals surface area contributed by atoms with Gasteiger partial charge in [-0.1, -0.05) is 6.92 Å². The van der Waals surface area contributed by atoms with Crippen molar-refractivity contribution in [2.24, 2.45) is 11.8 Å². The van der Waals surface area contributed by atoms with E-state index in [-0.39, 0.29) is 11.5 Å². The fourth-order valence-corrected chi connectivity index (χ4v) is 2.71. The number of methoxy groups -OCH3 is 1. The normalized spacial score (nSPS) is 32.1. The van der Waals surface area contributed by atoms with Gasteiger partial charge in [-0.05, 0) is 38.8 Å². The first-order valence-corrected chi connectivity index (χ1v) is 6.60. The molecule has 0 spiro atoms. The van der Waals surface area contributed by atoms with Gasteiger partial charge >= 0.3 is 0 Å². The Kier molecular flexibility index (Phi) is 3.73. The van der Waals surface area contributed by atoms with Gasteiger partial charge in [0.25, 0.3) is 0 Å². The van der Waals surface area contributed by atoms with E-state index in [9.17, 15) is 4.79 Å². The zero-order valence-electron chi connectivity index (χ0n) is 11.2. The molecule has 2 atom stereocenters. The molecule has 0 aromatic heterocycles. The van der Waals surface area contributed by atoms with Crippen molar-refractivity contribution in [2.45, 2.75) is 32.3 Å². The van der Waals surface area contributed by atoms with E-state index in [0.717, 1.165) is 39.0 Å². The van der Waals surface area contributed by atoms with Crippen LogP contribution in [0, 0.1) is 11.8 Å². The molecule has 2 aliphatic heterocycles. The number of ether oxygens (including phenoxy) is 1. The number of carbonyl (C=O) groups is 1. The van der Waals surface area contributed by atoms with Crippen molar-refractivity contribution >= 4 is 5.91 Å². The van der Waals surface area contributed by atoms with Crippen LogP contribution in [0.2, 0.25) is 0 Å². The van der Waals surface area contributed by atoms with E-state index in [1.165, 1.54) is 0 Å². The van der Waals surface area contributed by atoms with Crippen molar-refractivity contribution in [3.8, 4) is 0 Å². The van der Waals surface area contributed by atoms with E-state index in [1.807, 2.05) is 4.90 Å². The summed E-state index contributed by atoms with van der Waals surface area (Å²) in [5, 5.41) is 3.23. The Bertz CT molecular complexity index is 291. The van der Waals surface area contributed by atoms with Crippen molar-refractivity contribution in [2.75, 3.05) is 33.3 Å². The van der Waals surface area contributed by atoms with Gasteiger partial charge in [0.1, 0.15) is 0 Å². The fourth-order valence-electron chi connectivity index (χ4n) is 2.71. The van der Waals surface area contributed by atoms with Gasteiger partial charge in [0, 0.05) is 26.1 Å². The maximum Gasteiger partial charge on any atom is 0.225 e. The monoisotopic (exact) mass is 240 g/mol. The molecular weight excluding hydrogens is 216 g/mol. The summed E-state index contributed by atoms with van der Waals surface area (Å²) in [6.07, 6.45) is 2.10. The summed E-state index contributed by atoms with van der Waals surface area (Å²) in [4.78, 5) is 14.4. The van der Waals surface area contributed by atoms with Gasteiger partial charge in [-0.25, -0.2) is 0 Å². The number of hydrogen-bond donors (Lipinski definition) is 1. The van der Waals surface area contributed by atoms with Crippen LogP contribution in [0.25, 0.3) is 0 Å². The van der Waals surface area contributed by atoms with Crippen LogP contribution in [0.4, 0.5) is 0 Å². The van der Waals surface area contributed by atoms with E-state index >= 15 is 0 Å². The molecule has 0 aliphatic carbocycles. The minimum absolute atomic E-state index is 0.147. The molecule has 0 aromatic carbocycles. The minimum atomic E-state index is -0.147. The molecule has 2 heterocycles. The van der Waals surface area contributed by atoms with Gasteiger partial charge in [-0.2, -0.15) is 0 Å². The Morgan fingerprint density at radius 3 is 2.76 bits per heavy atom. The molecule has 1 N–H and O–H groups in total. The van der Waals surface area contributed by atoms with Crippen molar-refractivity contribution < 1.29 is 9.53 Å². The van der Waals surface area contributed by atoms with Crippen LogP contribution >= 0.6 is 0 Å². The third-order valence-corrected chi connectivity index (χ3v) is 4.37. The Hall–Kier alpha value is -0.610. The van der Waals surface area contributed by atoms with Crippen LogP contribution in [0.5, 0.6) is 0 Å². The molecule has 2 fully saturated rings. The number of carbonyl (C=O) groups excluding carboxylic acids is 1. The highest BCUT2D eigenvalue weighted by atomic mass is 16.5. The highest BCUT2D eigenvalue weighted by Crippen LogP contribution is 2.26. The first-order chi connectivity index (χ1) is 8.06. The van der Waals surface area contributed by atoms with Gasteiger partial charge in [-0.15, -0.1) is 0 Å². The lowest BCUT2D eigenvalue weighted by Crippen LogP contribution is -2.55. The number of nitrogens with zero attached hydrogens (tertiary/aromatic N) is 1. The first-order valence-electron chi connectivity index (χ1n) is 6.60.